The van der Waals surface area contributed by atoms with Gasteiger partial charge >= 0.3 is 6.18 Å². The molecule has 1 aromatic heterocycles. The molecule has 2 heterocycles. The number of pyridine rings is 1. The Morgan fingerprint density at radius 1 is 1.10 bits per heavy atom. The third kappa shape index (κ3) is 2.24. The molecule has 104 valence electrons. The smallest absolute Gasteiger partial charge is 0.284 e. The summed E-state index contributed by atoms with van der Waals surface area (Å²) in [5.41, 5.74) is 0.332. The third-order valence-corrected chi connectivity index (χ3v) is 4.33. The van der Waals surface area contributed by atoms with Gasteiger partial charge in [-0.25, -0.2) is 0 Å². The molecule has 2 aromatic rings. The second kappa shape index (κ2) is 4.70. The van der Waals surface area contributed by atoms with Crippen LogP contribution in [0.3, 0.4) is 0 Å². The lowest BCUT2D eigenvalue weighted by Gasteiger charge is -2.10. The number of aromatic nitrogens is 1. The van der Waals surface area contributed by atoms with Crippen LogP contribution in [0.2, 0.25) is 0 Å². The average molecular weight is 297 g/mol. The highest BCUT2D eigenvalue weighted by Crippen LogP contribution is 2.30. The van der Waals surface area contributed by atoms with Crippen molar-refractivity contribution in [3.8, 4) is 5.69 Å². The van der Waals surface area contributed by atoms with E-state index >= 15 is 0 Å². The zero-order valence-electron chi connectivity index (χ0n) is 10.3. The molecule has 0 radical (unpaired) electrons. The van der Waals surface area contributed by atoms with E-state index in [2.05, 4.69) is 0 Å². The molecule has 1 aliphatic heterocycles. The van der Waals surface area contributed by atoms with Gasteiger partial charge < -0.3 is 0 Å². The summed E-state index contributed by atoms with van der Waals surface area (Å²) < 4.78 is 38.9. The molecule has 1 aromatic carbocycles. The molecule has 0 amide bonds. The number of alkyl halides is 3. The number of benzene rings is 1. The predicted octanol–water partition coefficient (Wildman–Crippen LogP) is 3.50. The second-order valence-electron chi connectivity index (χ2n) is 4.48. The van der Waals surface area contributed by atoms with E-state index in [4.69, 9.17) is 0 Å². The average Bonchev–Trinajstić information content (AvgIpc) is 2.88. The fourth-order valence-electron chi connectivity index (χ4n) is 2.20. The number of halogens is 3. The third-order valence-electron chi connectivity index (χ3n) is 3.23. The van der Waals surface area contributed by atoms with Gasteiger partial charge in [0.05, 0.1) is 5.56 Å². The lowest BCUT2D eigenvalue weighted by molar-refractivity contribution is -0.137. The van der Waals surface area contributed by atoms with Crippen molar-refractivity contribution >= 4 is 11.8 Å². The van der Waals surface area contributed by atoms with Gasteiger partial charge in [0.25, 0.3) is 5.56 Å². The fraction of sp³-hybridized carbons (Fsp3) is 0.214. The SMILES string of the molecule is O=c1c2c(ccn1-c1ccc(C(F)(F)F)cc1)SCC2. The molecule has 0 bridgehead atoms. The normalized spacial score (nSPS) is 14.3. The first-order chi connectivity index (χ1) is 9.47. The molecule has 0 unspecified atom stereocenters. The van der Waals surface area contributed by atoms with Crippen LogP contribution in [0.5, 0.6) is 0 Å². The highest BCUT2D eigenvalue weighted by Gasteiger charge is 2.30. The lowest BCUT2D eigenvalue weighted by atomic mass is 10.2. The first-order valence-electron chi connectivity index (χ1n) is 6.02. The molecule has 3 rings (SSSR count). The van der Waals surface area contributed by atoms with Crippen LogP contribution in [0.15, 0.2) is 46.2 Å². The van der Waals surface area contributed by atoms with Gasteiger partial charge in [0, 0.05) is 28.1 Å². The van der Waals surface area contributed by atoms with E-state index < -0.39 is 11.7 Å². The van der Waals surface area contributed by atoms with E-state index in [1.54, 1.807) is 18.0 Å². The van der Waals surface area contributed by atoms with Crippen LogP contribution in [0, 0.1) is 0 Å². The van der Waals surface area contributed by atoms with E-state index in [1.165, 1.54) is 16.7 Å². The number of fused-ring (bicyclic) bond motifs is 1. The summed E-state index contributed by atoms with van der Waals surface area (Å²) in [4.78, 5) is 13.2. The molecular formula is C14H10F3NOS. The zero-order chi connectivity index (χ0) is 14.3. The van der Waals surface area contributed by atoms with Gasteiger partial charge in [0.2, 0.25) is 0 Å². The largest absolute Gasteiger partial charge is 0.416 e. The molecule has 0 saturated carbocycles. The van der Waals surface area contributed by atoms with Gasteiger partial charge in [-0.3, -0.25) is 9.36 Å². The topological polar surface area (TPSA) is 22.0 Å². The van der Waals surface area contributed by atoms with E-state index in [1.807, 2.05) is 6.07 Å². The standard InChI is InChI=1S/C14H10F3NOS/c15-14(16,17)9-1-3-10(4-2-9)18-7-5-12-11(13(18)19)6-8-20-12/h1-5,7H,6,8H2. The second-order valence-corrected chi connectivity index (χ2v) is 5.61. The maximum absolute atomic E-state index is 12.5. The van der Waals surface area contributed by atoms with Crippen molar-refractivity contribution in [2.45, 2.75) is 17.5 Å². The Balaban J connectivity index is 2.04. The molecule has 20 heavy (non-hydrogen) atoms. The van der Waals surface area contributed by atoms with Crippen LogP contribution in [-0.2, 0) is 12.6 Å². The van der Waals surface area contributed by atoms with Gasteiger partial charge in [0.15, 0.2) is 0 Å². The monoisotopic (exact) mass is 297 g/mol. The summed E-state index contributed by atoms with van der Waals surface area (Å²) in [6.45, 7) is 0. The quantitative estimate of drug-likeness (QED) is 0.803. The summed E-state index contributed by atoms with van der Waals surface area (Å²) in [7, 11) is 0. The number of rotatable bonds is 1. The van der Waals surface area contributed by atoms with Crippen LogP contribution in [0.25, 0.3) is 5.69 Å². The summed E-state index contributed by atoms with van der Waals surface area (Å²) in [6.07, 6.45) is -2.04. The number of thioether (sulfide) groups is 1. The number of hydrogen-bond donors (Lipinski definition) is 0. The number of nitrogens with zero attached hydrogens (tertiary/aromatic N) is 1. The van der Waals surface area contributed by atoms with Crippen LogP contribution in [0.1, 0.15) is 11.1 Å². The molecule has 0 aliphatic carbocycles. The van der Waals surface area contributed by atoms with E-state index in [9.17, 15) is 18.0 Å². The summed E-state index contributed by atoms with van der Waals surface area (Å²) in [5.74, 6) is 0.877. The Kier molecular flexibility index (Phi) is 3.12. The Morgan fingerprint density at radius 3 is 2.45 bits per heavy atom. The minimum atomic E-state index is -4.36. The van der Waals surface area contributed by atoms with Gasteiger partial charge in [0.1, 0.15) is 0 Å². The van der Waals surface area contributed by atoms with E-state index in [-0.39, 0.29) is 5.56 Å². The Bertz CT molecular complexity index is 704. The van der Waals surface area contributed by atoms with Crippen molar-refractivity contribution in [2.24, 2.45) is 0 Å². The first-order valence-corrected chi connectivity index (χ1v) is 7.00. The molecule has 0 spiro atoms. The van der Waals surface area contributed by atoms with Gasteiger partial charge in [-0.2, -0.15) is 13.2 Å². The molecule has 1 aliphatic rings. The highest BCUT2D eigenvalue weighted by atomic mass is 32.2. The zero-order valence-corrected chi connectivity index (χ0v) is 11.1. The van der Waals surface area contributed by atoms with Crippen molar-refractivity contribution in [3.05, 3.63) is 58.0 Å². The van der Waals surface area contributed by atoms with Crippen molar-refractivity contribution in [2.75, 3.05) is 5.75 Å². The molecule has 0 fully saturated rings. The highest BCUT2D eigenvalue weighted by molar-refractivity contribution is 7.99. The van der Waals surface area contributed by atoms with Crippen molar-refractivity contribution in [1.29, 1.82) is 0 Å². The summed E-state index contributed by atoms with van der Waals surface area (Å²) >= 11 is 1.63. The Hall–Kier alpha value is -1.69. The first kappa shape index (κ1) is 13.3. The van der Waals surface area contributed by atoms with Crippen LogP contribution in [-0.4, -0.2) is 10.3 Å². The van der Waals surface area contributed by atoms with E-state index in [0.717, 1.165) is 28.3 Å². The maximum atomic E-state index is 12.5. The Labute approximate surface area is 117 Å². The Morgan fingerprint density at radius 2 is 1.80 bits per heavy atom. The van der Waals surface area contributed by atoms with Gasteiger partial charge in [-0.05, 0) is 36.8 Å². The molecule has 2 nitrogen and oxygen atoms in total. The molecule has 0 atom stereocenters. The van der Waals surface area contributed by atoms with Crippen molar-refractivity contribution in [3.63, 3.8) is 0 Å². The van der Waals surface area contributed by atoms with Gasteiger partial charge in [-0.1, -0.05) is 0 Å². The maximum Gasteiger partial charge on any atom is 0.416 e. The van der Waals surface area contributed by atoms with Crippen LogP contribution in [0.4, 0.5) is 13.2 Å². The fourth-order valence-corrected chi connectivity index (χ4v) is 3.25. The van der Waals surface area contributed by atoms with Crippen molar-refractivity contribution in [1.82, 2.24) is 4.57 Å². The van der Waals surface area contributed by atoms with Crippen LogP contribution >= 0.6 is 11.8 Å². The number of hydrogen-bond acceptors (Lipinski definition) is 2. The molecular weight excluding hydrogens is 287 g/mol. The van der Waals surface area contributed by atoms with Crippen LogP contribution < -0.4 is 5.56 Å². The summed E-state index contributed by atoms with van der Waals surface area (Å²) in [5, 5.41) is 0. The molecule has 6 heteroatoms. The van der Waals surface area contributed by atoms with Gasteiger partial charge in [-0.15, -0.1) is 11.8 Å². The molecule has 0 N–H and O–H groups in total. The summed E-state index contributed by atoms with van der Waals surface area (Å²) in [6, 6.07) is 6.46. The lowest BCUT2D eigenvalue weighted by Crippen LogP contribution is -2.21. The predicted molar refractivity (Wildman–Crippen MR) is 71.5 cm³/mol. The molecule has 0 saturated heterocycles. The minimum absolute atomic E-state index is 0.146. The van der Waals surface area contributed by atoms with Crippen molar-refractivity contribution < 1.29 is 13.2 Å². The minimum Gasteiger partial charge on any atom is -0.284 e. The van der Waals surface area contributed by atoms with E-state index in [0.29, 0.717) is 12.1 Å².